The minimum atomic E-state index is -0.0732. The topological polar surface area (TPSA) is 115 Å². The van der Waals surface area contributed by atoms with Crippen LogP contribution in [0.4, 0.5) is 0 Å². The molecule has 44 heavy (non-hydrogen) atoms. The van der Waals surface area contributed by atoms with E-state index in [9.17, 15) is 14.4 Å². The number of aldehydes is 1. The number of hydrogen-bond acceptors (Lipinski definition) is 8. The van der Waals surface area contributed by atoms with E-state index in [1.807, 2.05) is 43.3 Å². The van der Waals surface area contributed by atoms with Crippen LogP contribution < -0.4 is 15.0 Å². The molecule has 0 N–H and O–H groups in total. The Kier molecular flexibility index (Phi) is 9.85. The number of ether oxygens (including phenoxy) is 2. The lowest BCUT2D eigenvalue weighted by Crippen LogP contribution is -2.26. The number of likely N-dealkylation sites (tertiary alicyclic amines) is 1. The summed E-state index contributed by atoms with van der Waals surface area (Å²) in [5, 5.41) is 9.37. The van der Waals surface area contributed by atoms with E-state index >= 15 is 0 Å². The summed E-state index contributed by atoms with van der Waals surface area (Å²) in [6.07, 6.45) is 6.89. The summed E-state index contributed by atoms with van der Waals surface area (Å²) >= 11 is 6.45. The van der Waals surface area contributed by atoms with Crippen molar-refractivity contribution in [3.8, 4) is 28.7 Å². The number of nitrogens with zero attached hydrogens (tertiary/aromatic N) is 4. The fraction of sp³-hybridized carbons (Fsp3) is 0.265. The second-order valence-corrected chi connectivity index (χ2v) is 11.0. The summed E-state index contributed by atoms with van der Waals surface area (Å²) in [4.78, 5) is 42.8. The molecule has 0 saturated carbocycles. The lowest BCUT2D eigenvalue weighted by atomic mass is 9.97. The first-order valence-electron chi connectivity index (χ1n) is 14.3. The summed E-state index contributed by atoms with van der Waals surface area (Å²) in [7, 11) is 0. The highest BCUT2D eigenvalue weighted by molar-refractivity contribution is 6.32. The smallest absolute Gasteiger partial charge is 0.258 e. The Morgan fingerprint density at radius 1 is 1.02 bits per heavy atom. The average molecular weight is 611 g/mol. The van der Waals surface area contributed by atoms with Gasteiger partial charge in [-0.15, -0.1) is 0 Å². The molecule has 0 atom stereocenters. The zero-order chi connectivity index (χ0) is 31.1. The maximum Gasteiger partial charge on any atom is 0.258 e. The number of aryl methyl sites for hydroxylation is 1. The highest BCUT2D eigenvalue weighted by Crippen LogP contribution is 2.34. The van der Waals surface area contributed by atoms with Crippen LogP contribution in [0.5, 0.6) is 11.5 Å². The predicted octanol–water partition coefficient (Wildman–Crippen LogP) is 5.38. The van der Waals surface area contributed by atoms with Gasteiger partial charge in [-0.3, -0.25) is 24.3 Å². The van der Waals surface area contributed by atoms with Gasteiger partial charge < -0.3 is 14.0 Å². The number of hydrogen-bond donors (Lipinski definition) is 0. The van der Waals surface area contributed by atoms with Gasteiger partial charge in [0.05, 0.1) is 22.7 Å². The Hall–Kier alpha value is -4.78. The minimum absolute atomic E-state index is 0.0732. The second kappa shape index (κ2) is 14.1. The van der Waals surface area contributed by atoms with Crippen LogP contribution in [0.3, 0.4) is 0 Å². The molecule has 0 unspecified atom stereocenters. The van der Waals surface area contributed by atoms with E-state index in [-0.39, 0.29) is 40.9 Å². The maximum atomic E-state index is 13.4. The van der Waals surface area contributed by atoms with Gasteiger partial charge in [-0.25, -0.2) is 0 Å². The Balaban J connectivity index is 1.29. The van der Waals surface area contributed by atoms with E-state index in [1.54, 1.807) is 29.1 Å². The zero-order valence-corrected chi connectivity index (χ0v) is 25.0. The first kappa shape index (κ1) is 30.7. The first-order valence-corrected chi connectivity index (χ1v) is 14.6. The molecular formula is C34H31ClN4O5. The molecule has 1 saturated heterocycles. The fourth-order valence-corrected chi connectivity index (χ4v) is 5.44. The van der Waals surface area contributed by atoms with Crippen LogP contribution >= 0.6 is 11.6 Å². The number of ketones is 1. The van der Waals surface area contributed by atoms with Crippen LogP contribution in [0.2, 0.25) is 5.02 Å². The molecule has 0 radical (unpaired) electrons. The third kappa shape index (κ3) is 7.22. The van der Waals surface area contributed by atoms with Crippen LogP contribution in [-0.2, 0) is 24.6 Å². The van der Waals surface area contributed by atoms with Crippen molar-refractivity contribution < 1.29 is 19.1 Å². The monoisotopic (exact) mass is 610 g/mol. The Morgan fingerprint density at radius 3 is 2.61 bits per heavy atom. The average Bonchev–Trinajstić information content (AvgIpc) is 3.45. The zero-order valence-electron chi connectivity index (χ0n) is 24.3. The Labute approximate surface area is 260 Å². The van der Waals surface area contributed by atoms with Gasteiger partial charge in [0.15, 0.2) is 6.29 Å². The number of rotatable bonds is 12. The summed E-state index contributed by atoms with van der Waals surface area (Å²) < 4.78 is 13.7. The van der Waals surface area contributed by atoms with Gasteiger partial charge in [0.2, 0.25) is 0 Å². The molecule has 0 bridgehead atoms. The summed E-state index contributed by atoms with van der Waals surface area (Å²) in [6.45, 7) is 4.85. The SMILES string of the molecule is Cc1c(COc2cc(OCc3cncc(C#N)c3)c(C=O)cc2Cl)cccc1-c1cccn(CCCN2CCC(=O)C2)c1=O. The van der Waals surface area contributed by atoms with Crippen LogP contribution in [0, 0.1) is 18.3 Å². The number of pyridine rings is 2. The number of nitriles is 1. The predicted molar refractivity (Wildman–Crippen MR) is 166 cm³/mol. The van der Waals surface area contributed by atoms with Gasteiger partial charge in [0, 0.05) is 61.8 Å². The lowest BCUT2D eigenvalue weighted by Gasteiger charge is -2.16. The molecule has 1 aliphatic heterocycles. The lowest BCUT2D eigenvalue weighted by molar-refractivity contribution is -0.116. The molecule has 5 rings (SSSR count). The normalized spacial score (nSPS) is 13.1. The molecule has 10 heteroatoms. The number of halogens is 1. The molecule has 0 amide bonds. The van der Waals surface area contributed by atoms with Crippen molar-refractivity contribution in [2.75, 3.05) is 19.6 Å². The fourth-order valence-electron chi connectivity index (χ4n) is 5.22. The minimum Gasteiger partial charge on any atom is -0.488 e. The number of aromatic nitrogens is 2. The van der Waals surface area contributed by atoms with Gasteiger partial charge in [-0.2, -0.15) is 5.26 Å². The Bertz CT molecular complexity index is 1800. The van der Waals surface area contributed by atoms with Crippen molar-refractivity contribution in [2.24, 2.45) is 0 Å². The second-order valence-electron chi connectivity index (χ2n) is 10.6. The van der Waals surface area contributed by atoms with E-state index in [0.717, 1.165) is 36.2 Å². The molecule has 9 nitrogen and oxygen atoms in total. The first-order chi connectivity index (χ1) is 21.4. The molecule has 0 aliphatic carbocycles. The maximum absolute atomic E-state index is 13.4. The molecule has 0 spiro atoms. The van der Waals surface area contributed by atoms with Crippen LogP contribution in [-0.4, -0.2) is 46.2 Å². The largest absolute Gasteiger partial charge is 0.488 e. The van der Waals surface area contributed by atoms with Crippen molar-refractivity contribution in [3.05, 3.63) is 110 Å². The van der Waals surface area contributed by atoms with E-state index in [0.29, 0.717) is 48.2 Å². The van der Waals surface area contributed by atoms with Gasteiger partial charge >= 0.3 is 0 Å². The van der Waals surface area contributed by atoms with Crippen molar-refractivity contribution in [3.63, 3.8) is 0 Å². The van der Waals surface area contributed by atoms with Crippen molar-refractivity contribution in [1.29, 1.82) is 5.26 Å². The van der Waals surface area contributed by atoms with Gasteiger partial charge in [-0.1, -0.05) is 29.8 Å². The number of Topliss-reactive ketones (excluding diaryl/α,β-unsaturated/α-hetero) is 1. The van der Waals surface area contributed by atoms with Crippen LogP contribution in [0.15, 0.2) is 71.9 Å². The van der Waals surface area contributed by atoms with Crippen LogP contribution in [0.1, 0.15) is 45.5 Å². The highest BCUT2D eigenvalue weighted by atomic mass is 35.5. The molecule has 2 aromatic carbocycles. The summed E-state index contributed by atoms with van der Waals surface area (Å²) in [5.74, 6) is 0.894. The molecule has 1 aliphatic rings. The number of carbonyl (C=O) groups excluding carboxylic acids is 2. The molecule has 2 aromatic heterocycles. The summed E-state index contributed by atoms with van der Waals surface area (Å²) in [6, 6.07) is 16.2. The standard InChI is InChI=1S/C34H31ClN4O5/c1-23-26(5-2-6-29(23)30-7-3-10-39(34(30)42)11-4-9-38-12-8-28(41)19-38)22-44-33-15-32(27(20-40)14-31(33)35)43-21-25-13-24(16-36)17-37-18-25/h2-3,5-7,10,13-15,17-18,20H,4,8-9,11-12,19,21-22H2,1H3. The molecule has 4 aromatic rings. The molecule has 3 heterocycles. The highest BCUT2D eigenvalue weighted by Gasteiger charge is 2.19. The molecular weight excluding hydrogens is 580 g/mol. The Morgan fingerprint density at radius 2 is 1.84 bits per heavy atom. The summed E-state index contributed by atoms with van der Waals surface area (Å²) in [5.41, 5.74) is 4.46. The van der Waals surface area contributed by atoms with Crippen molar-refractivity contribution in [1.82, 2.24) is 14.5 Å². The quantitative estimate of drug-likeness (QED) is 0.196. The number of benzene rings is 2. The van der Waals surface area contributed by atoms with E-state index < -0.39 is 0 Å². The molecule has 1 fully saturated rings. The van der Waals surface area contributed by atoms with Crippen molar-refractivity contribution >= 4 is 23.7 Å². The molecule has 224 valence electrons. The van der Waals surface area contributed by atoms with E-state index in [1.165, 1.54) is 12.3 Å². The van der Waals surface area contributed by atoms with Crippen molar-refractivity contribution in [2.45, 2.75) is 39.5 Å². The van der Waals surface area contributed by atoms with Gasteiger partial charge in [0.25, 0.3) is 5.56 Å². The third-order valence-corrected chi connectivity index (χ3v) is 7.92. The van der Waals surface area contributed by atoms with Crippen LogP contribution in [0.25, 0.3) is 11.1 Å². The van der Waals surface area contributed by atoms with E-state index in [2.05, 4.69) is 9.88 Å². The van der Waals surface area contributed by atoms with E-state index in [4.69, 9.17) is 26.3 Å². The van der Waals surface area contributed by atoms with Gasteiger partial charge in [0.1, 0.15) is 36.6 Å². The third-order valence-electron chi connectivity index (χ3n) is 7.63. The van der Waals surface area contributed by atoms with Gasteiger partial charge in [-0.05, 0) is 54.3 Å². The number of carbonyl (C=O) groups is 2.